The molecule has 86 valence electrons. The summed E-state index contributed by atoms with van der Waals surface area (Å²) in [7, 11) is 0. The fourth-order valence-corrected chi connectivity index (χ4v) is 1.87. The van der Waals surface area contributed by atoms with E-state index in [9.17, 15) is 4.79 Å². The summed E-state index contributed by atoms with van der Waals surface area (Å²) in [4.78, 5) is 15.8. The molecule has 1 heterocycles. The van der Waals surface area contributed by atoms with E-state index in [4.69, 9.17) is 5.73 Å². The van der Waals surface area contributed by atoms with Gasteiger partial charge < -0.3 is 11.1 Å². The van der Waals surface area contributed by atoms with Gasteiger partial charge in [-0.3, -0.25) is 4.79 Å². The summed E-state index contributed by atoms with van der Waals surface area (Å²) in [6.45, 7) is 1.89. The van der Waals surface area contributed by atoms with Gasteiger partial charge in [-0.15, -0.1) is 0 Å². The first-order valence-corrected chi connectivity index (χ1v) is 5.67. The highest BCUT2D eigenvalue weighted by Crippen LogP contribution is 2.29. The van der Waals surface area contributed by atoms with Crippen molar-refractivity contribution in [3.63, 3.8) is 0 Å². The Morgan fingerprint density at radius 1 is 1.62 bits per heavy atom. The zero-order valence-electron chi connectivity index (χ0n) is 9.49. The van der Waals surface area contributed by atoms with Crippen LogP contribution in [0.4, 0.5) is 11.5 Å². The van der Waals surface area contributed by atoms with E-state index in [1.807, 2.05) is 13.0 Å². The maximum absolute atomic E-state index is 11.7. The molecule has 4 nitrogen and oxygen atoms in total. The van der Waals surface area contributed by atoms with E-state index in [1.54, 1.807) is 6.20 Å². The van der Waals surface area contributed by atoms with Gasteiger partial charge in [-0.05, 0) is 37.3 Å². The van der Waals surface area contributed by atoms with Crippen molar-refractivity contribution in [3.8, 4) is 0 Å². The highest BCUT2D eigenvalue weighted by atomic mass is 16.1. The Labute approximate surface area is 95.3 Å². The molecular weight excluding hydrogens is 202 g/mol. The lowest BCUT2D eigenvalue weighted by Gasteiger charge is -2.24. The number of nitrogens with two attached hydrogens (primary N) is 1. The smallest absolute Gasteiger partial charge is 0.225 e. The van der Waals surface area contributed by atoms with E-state index < -0.39 is 0 Å². The number of nitrogen functional groups attached to an aromatic ring is 1. The molecule has 0 radical (unpaired) electrons. The summed E-state index contributed by atoms with van der Waals surface area (Å²) in [5, 5.41) is 2.83. The molecule has 0 atom stereocenters. The Balaban J connectivity index is 1.94. The molecule has 0 bridgehead atoms. The number of carbonyl (C=O) groups excluding carboxylic acids is 1. The average molecular weight is 219 g/mol. The predicted molar refractivity (Wildman–Crippen MR) is 64.0 cm³/mol. The molecule has 0 spiro atoms. The Kier molecular flexibility index (Phi) is 3.08. The standard InChI is InChI=1S/C12H17N3O/c1-8-5-10(13)7-14-12(8)15-11(16)6-9-3-2-4-9/h5,7,9H,2-4,6,13H2,1H3,(H,14,15,16). The van der Waals surface area contributed by atoms with Crippen LogP contribution in [0.1, 0.15) is 31.2 Å². The normalized spacial score (nSPS) is 15.6. The van der Waals surface area contributed by atoms with Gasteiger partial charge in [0, 0.05) is 6.42 Å². The third-order valence-corrected chi connectivity index (χ3v) is 3.06. The summed E-state index contributed by atoms with van der Waals surface area (Å²) in [5.74, 6) is 1.26. The molecule has 1 fully saturated rings. The van der Waals surface area contributed by atoms with Crippen molar-refractivity contribution in [2.24, 2.45) is 5.92 Å². The van der Waals surface area contributed by atoms with Crippen LogP contribution in [0.15, 0.2) is 12.3 Å². The van der Waals surface area contributed by atoms with Crippen LogP contribution in [0.3, 0.4) is 0 Å². The number of nitrogens with zero attached hydrogens (tertiary/aromatic N) is 1. The molecule has 0 unspecified atom stereocenters. The van der Waals surface area contributed by atoms with Crippen LogP contribution in [-0.2, 0) is 4.79 Å². The van der Waals surface area contributed by atoms with E-state index in [0.29, 0.717) is 23.8 Å². The minimum atomic E-state index is 0.0603. The highest BCUT2D eigenvalue weighted by molar-refractivity contribution is 5.90. The van der Waals surface area contributed by atoms with E-state index in [2.05, 4.69) is 10.3 Å². The van der Waals surface area contributed by atoms with E-state index in [-0.39, 0.29) is 5.91 Å². The zero-order valence-corrected chi connectivity index (χ0v) is 9.49. The predicted octanol–water partition coefficient (Wildman–Crippen LogP) is 2.10. The second-order valence-corrected chi connectivity index (χ2v) is 4.48. The van der Waals surface area contributed by atoms with Crippen molar-refractivity contribution < 1.29 is 4.79 Å². The molecule has 1 aliphatic rings. The lowest BCUT2D eigenvalue weighted by Crippen LogP contribution is -2.21. The van der Waals surface area contributed by atoms with Gasteiger partial charge >= 0.3 is 0 Å². The summed E-state index contributed by atoms with van der Waals surface area (Å²) < 4.78 is 0. The maximum atomic E-state index is 11.7. The number of hydrogen-bond donors (Lipinski definition) is 2. The molecule has 0 aromatic carbocycles. The number of amides is 1. The molecule has 1 aromatic heterocycles. The zero-order chi connectivity index (χ0) is 11.5. The summed E-state index contributed by atoms with van der Waals surface area (Å²) in [6, 6.07) is 1.81. The third kappa shape index (κ3) is 2.51. The molecule has 1 aliphatic carbocycles. The van der Waals surface area contributed by atoms with E-state index in [1.165, 1.54) is 19.3 Å². The second kappa shape index (κ2) is 4.51. The Morgan fingerprint density at radius 2 is 2.38 bits per heavy atom. The van der Waals surface area contributed by atoms with Crippen LogP contribution >= 0.6 is 0 Å². The van der Waals surface area contributed by atoms with Crippen LogP contribution in [0, 0.1) is 12.8 Å². The number of rotatable bonds is 3. The maximum Gasteiger partial charge on any atom is 0.225 e. The van der Waals surface area contributed by atoms with Gasteiger partial charge in [0.1, 0.15) is 5.82 Å². The molecule has 4 heteroatoms. The Hall–Kier alpha value is -1.58. The monoisotopic (exact) mass is 219 g/mol. The first-order chi connectivity index (χ1) is 7.65. The Bertz CT molecular complexity index is 399. The van der Waals surface area contributed by atoms with Crippen LogP contribution in [0.5, 0.6) is 0 Å². The number of anilines is 2. The van der Waals surface area contributed by atoms with Crippen molar-refractivity contribution in [1.82, 2.24) is 4.98 Å². The lowest BCUT2D eigenvalue weighted by molar-refractivity contribution is -0.117. The van der Waals surface area contributed by atoms with Crippen LogP contribution in [0.25, 0.3) is 0 Å². The molecule has 0 saturated heterocycles. The number of pyridine rings is 1. The number of hydrogen-bond acceptors (Lipinski definition) is 3. The molecule has 1 saturated carbocycles. The summed E-state index contributed by atoms with van der Waals surface area (Å²) in [6.07, 6.45) is 5.80. The van der Waals surface area contributed by atoms with Crippen molar-refractivity contribution in [1.29, 1.82) is 0 Å². The van der Waals surface area contributed by atoms with Crippen LogP contribution < -0.4 is 11.1 Å². The number of aryl methyl sites for hydroxylation is 1. The van der Waals surface area contributed by atoms with Crippen LogP contribution in [-0.4, -0.2) is 10.9 Å². The molecule has 2 rings (SSSR count). The second-order valence-electron chi connectivity index (χ2n) is 4.48. The average Bonchev–Trinajstić information content (AvgIpc) is 2.16. The van der Waals surface area contributed by atoms with Gasteiger partial charge in [-0.25, -0.2) is 4.98 Å². The minimum Gasteiger partial charge on any atom is -0.397 e. The van der Waals surface area contributed by atoms with E-state index in [0.717, 1.165) is 5.56 Å². The fraction of sp³-hybridized carbons (Fsp3) is 0.500. The van der Waals surface area contributed by atoms with Gasteiger partial charge in [0.05, 0.1) is 11.9 Å². The first kappa shape index (κ1) is 10.9. The topological polar surface area (TPSA) is 68.0 Å². The summed E-state index contributed by atoms with van der Waals surface area (Å²) in [5.41, 5.74) is 7.12. The first-order valence-electron chi connectivity index (χ1n) is 5.67. The van der Waals surface area contributed by atoms with Crippen LogP contribution in [0.2, 0.25) is 0 Å². The van der Waals surface area contributed by atoms with Gasteiger partial charge in [0.2, 0.25) is 5.91 Å². The molecular formula is C12H17N3O. The van der Waals surface area contributed by atoms with Gasteiger partial charge in [-0.1, -0.05) is 6.42 Å². The molecule has 1 aromatic rings. The molecule has 16 heavy (non-hydrogen) atoms. The fourth-order valence-electron chi connectivity index (χ4n) is 1.87. The van der Waals surface area contributed by atoms with Crippen molar-refractivity contribution in [2.75, 3.05) is 11.1 Å². The highest BCUT2D eigenvalue weighted by Gasteiger charge is 2.20. The largest absolute Gasteiger partial charge is 0.397 e. The molecule has 3 N–H and O–H groups in total. The van der Waals surface area contributed by atoms with Gasteiger partial charge in [0.25, 0.3) is 0 Å². The van der Waals surface area contributed by atoms with Crippen molar-refractivity contribution in [3.05, 3.63) is 17.8 Å². The van der Waals surface area contributed by atoms with Crippen molar-refractivity contribution >= 4 is 17.4 Å². The Morgan fingerprint density at radius 3 is 2.94 bits per heavy atom. The quantitative estimate of drug-likeness (QED) is 0.818. The minimum absolute atomic E-state index is 0.0603. The van der Waals surface area contributed by atoms with E-state index >= 15 is 0 Å². The molecule has 0 aliphatic heterocycles. The lowest BCUT2D eigenvalue weighted by atomic mass is 9.83. The van der Waals surface area contributed by atoms with Gasteiger partial charge in [-0.2, -0.15) is 0 Å². The number of nitrogens with one attached hydrogen (secondary N) is 1. The molecule has 1 amide bonds. The summed E-state index contributed by atoms with van der Waals surface area (Å²) >= 11 is 0. The van der Waals surface area contributed by atoms with Crippen molar-refractivity contribution in [2.45, 2.75) is 32.6 Å². The number of aromatic nitrogens is 1. The SMILES string of the molecule is Cc1cc(N)cnc1NC(=O)CC1CCC1. The number of carbonyl (C=O) groups is 1. The third-order valence-electron chi connectivity index (χ3n) is 3.06. The van der Waals surface area contributed by atoms with Gasteiger partial charge in [0.15, 0.2) is 0 Å².